The summed E-state index contributed by atoms with van der Waals surface area (Å²) < 4.78 is 13.3. The molecule has 2 atom stereocenters. The van der Waals surface area contributed by atoms with Gasteiger partial charge < -0.3 is 5.73 Å². The van der Waals surface area contributed by atoms with Crippen LogP contribution in [0.3, 0.4) is 0 Å². The van der Waals surface area contributed by atoms with Crippen molar-refractivity contribution in [3.05, 3.63) is 11.6 Å². The van der Waals surface area contributed by atoms with Gasteiger partial charge in [0.1, 0.15) is 17.8 Å². The Hall–Kier alpha value is -1.50. The van der Waals surface area contributed by atoms with E-state index < -0.39 is 18.1 Å². The Morgan fingerprint density at radius 3 is 3.06 bits per heavy atom. The quantitative estimate of drug-likeness (QED) is 0.761. The van der Waals surface area contributed by atoms with Gasteiger partial charge in [0, 0.05) is 19.4 Å². The Morgan fingerprint density at radius 2 is 2.47 bits per heavy atom. The van der Waals surface area contributed by atoms with Crippen molar-refractivity contribution in [1.82, 2.24) is 20.1 Å². The number of carbonyl (C=O) groups is 1. The number of carbonyl (C=O) groups excluding carboxylic acids is 1. The number of alkyl halides is 1. The fraction of sp³-hybridized carbons (Fsp3) is 0.700. The van der Waals surface area contributed by atoms with Crippen LogP contribution in [0.5, 0.6) is 0 Å². The number of nitrogens with one attached hydrogen (secondary N) is 1. The average molecular weight is 241 g/mol. The third-order valence-electron chi connectivity index (χ3n) is 2.93. The normalized spacial score (nSPS) is 25.3. The summed E-state index contributed by atoms with van der Waals surface area (Å²) in [4.78, 5) is 17.1. The zero-order chi connectivity index (χ0) is 12.4. The predicted octanol–water partition coefficient (Wildman–Crippen LogP) is -0.235. The van der Waals surface area contributed by atoms with Crippen LogP contribution >= 0.6 is 0 Å². The van der Waals surface area contributed by atoms with E-state index >= 15 is 0 Å². The molecule has 1 aliphatic rings. The fourth-order valence-electron chi connectivity index (χ4n) is 2.07. The zero-order valence-corrected chi connectivity index (χ0v) is 9.69. The number of amides is 1. The second kappa shape index (κ2) is 4.79. The molecule has 3 N–H and O–H groups in total. The Bertz CT molecular complexity index is 407. The number of hydrogen-bond acceptors (Lipinski definition) is 4. The average Bonchev–Trinajstić information content (AvgIpc) is 2.85. The number of hydrogen-bond donors (Lipinski definition) is 2. The summed E-state index contributed by atoms with van der Waals surface area (Å²) in [5.74, 6) is 0.870. The van der Waals surface area contributed by atoms with E-state index in [1.165, 1.54) is 0 Å². The molecule has 0 saturated carbocycles. The molecule has 1 amide bonds. The molecule has 1 aromatic rings. The molecule has 0 spiro atoms. The van der Waals surface area contributed by atoms with E-state index in [1.54, 1.807) is 4.90 Å². The summed E-state index contributed by atoms with van der Waals surface area (Å²) >= 11 is 0. The van der Waals surface area contributed by atoms with Gasteiger partial charge in [-0.15, -0.1) is 0 Å². The summed E-state index contributed by atoms with van der Waals surface area (Å²) in [6, 6.07) is -0.542. The van der Waals surface area contributed by atoms with Gasteiger partial charge in [0.05, 0.1) is 12.6 Å². The van der Waals surface area contributed by atoms with Crippen molar-refractivity contribution in [2.24, 2.45) is 5.73 Å². The molecule has 6 nitrogen and oxygen atoms in total. The topological polar surface area (TPSA) is 87.9 Å². The van der Waals surface area contributed by atoms with Gasteiger partial charge in [0.15, 0.2) is 0 Å². The van der Waals surface area contributed by atoms with Crippen LogP contribution in [-0.2, 0) is 17.8 Å². The van der Waals surface area contributed by atoms with Crippen LogP contribution in [0.1, 0.15) is 25.0 Å². The Morgan fingerprint density at radius 1 is 1.71 bits per heavy atom. The maximum Gasteiger partial charge on any atom is 0.234 e. The van der Waals surface area contributed by atoms with Crippen LogP contribution in [0.25, 0.3) is 0 Å². The minimum Gasteiger partial charge on any atom is -0.368 e. The van der Waals surface area contributed by atoms with Crippen molar-refractivity contribution in [1.29, 1.82) is 0 Å². The zero-order valence-electron chi connectivity index (χ0n) is 9.69. The van der Waals surface area contributed by atoms with Gasteiger partial charge in [-0.1, -0.05) is 6.92 Å². The van der Waals surface area contributed by atoms with E-state index in [1.807, 2.05) is 6.92 Å². The lowest BCUT2D eigenvalue weighted by Gasteiger charge is -2.19. The highest BCUT2D eigenvalue weighted by Crippen LogP contribution is 2.21. The number of aryl methyl sites for hydroxylation is 1. The third-order valence-corrected chi connectivity index (χ3v) is 2.93. The number of nitrogens with two attached hydrogens (primary N) is 1. The molecule has 17 heavy (non-hydrogen) atoms. The molecular weight excluding hydrogens is 225 g/mol. The molecule has 2 heterocycles. The van der Waals surface area contributed by atoms with Gasteiger partial charge in [0.25, 0.3) is 0 Å². The lowest BCUT2D eigenvalue weighted by molar-refractivity contribution is -0.122. The number of halogens is 1. The number of aromatic amines is 1. The number of H-pyrrole nitrogens is 1. The fourth-order valence-corrected chi connectivity index (χ4v) is 2.07. The SMILES string of the molecule is CCc1n[nH]c(CN2C[C@H](F)C[C@H]2C(N)=O)n1. The van der Waals surface area contributed by atoms with Crippen LogP contribution in [0, 0.1) is 0 Å². The smallest absolute Gasteiger partial charge is 0.234 e. The van der Waals surface area contributed by atoms with Gasteiger partial charge in [-0.25, -0.2) is 9.37 Å². The van der Waals surface area contributed by atoms with Gasteiger partial charge in [-0.3, -0.25) is 14.8 Å². The molecule has 7 heteroatoms. The highest BCUT2D eigenvalue weighted by atomic mass is 19.1. The molecular formula is C10H16FN5O. The lowest BCUT2D eigenvalue weighted by atomic mass is 10.2. The van der Waals surface area contributed by atoms with Crippen molar-refractivity contribution in [3.8, 4) is 0 Å². The number of nitrogens with zero attached hydrogens (tertiary/aromatic N) is 3. The first kappa shape index (κ1) is 12.0. The van der Waals surface area contributed by atoms with Gasteiger partial charge >= 0.3 is 0 Å². The standard InChI is InChI=1S/C10H16FN5O/c1-2-8-13-9(15-14-8)5-16-4-6(11)3-7(16)10(12)17/h6-7H,2-5H2,1H3,(H2,12,17)(H,13,14,15)/t6-,7+/m1/s1. The van der Waals surface area contributed by atoms with E-state index in [-0.39, 0.29) is 13.0 Å². The van der Waals surface area contributed by atoms with Crippen LogP contribution in [0.2, 0.25) is 0 Å². The predicted molar refractivity (Wildman–Crippen MR) is 58.7 cm³/mol. The summed E-state index contributed by atoms with van der Waals surface area (Å²) in [5.41, 5.74) is 5.24. The van der Waals surface area contributed by atoms with Gasteiger partial charge in [0.2, 0.25) is 5.91 Å². The van der Waals surface area contributed by atoms with Crippen LogP contribution in [-0.4, -0.2) is 44.7 Å². The Balaban J connectivity index is 2.04. The minimum absolute atomic E-state index is 0.171. The number of primary amides is 1. The number of rotatable bonds is 4. The maximum atomic E-state index is 13.3. The van der Waals surface area contributed by atoms with Crippen molar-refractivity contribution < 1.29 is 9.18 Å². The summed E-state index contributed by atoms with van der Waals surface area (Å²) in [5, 5.41) is 6.77. The van der Waals surface area contributed by atoms with E-state index in [0.29, 0.717) is 18.2 Å². The van der Waals surface area contributed by atoms with Gasteiger partial charge in [-0.2, -0.15) is 5.10 Å². The monoisotopic (exact) mass is 241 g/mol. The highest BCUT2D eigenvalue weighted by Gasteiger charge is 2.36. The number of aromatic nitrogens is 3. The molecule has 1 saturated heterocycles. The summed E-state index contributed by atoms with van der Waals surface area (Å²) in [7, 11) is 0. The van der Waals surface area contributed by atoms with Crippen molar-refractivity contribution in [3.63, 3.8) is 0 Å². The van der Waals surface area contributed by atoms with Crippen LogP contribution < -0.4 is 5.73 Å². The van der Waals surface area contributed by atoms with Gasteiger partial charge in [-0.05, 0) is 0 Å². The molecule has 0 aromatic carbocycles. The van der Waals surface area contributed by atoms with Crippen molar-refractivity contribution in [2.45, 2.75) is 38.5 Å². The molecule has 0 radical (unpaired) electrons. The second-order valence-corrected chi connectivity index (χ2v) is 4.23. The molecule has 1 fully saturated rings. The van der Waals surface area contributed by atoms with Crippen molar-refractivity contribution in [2.75, 3.05) is 6.54 Å². The largest absolute Gasteiger partial charge is 0.368 e. The molecule has 94 valence electrons. The minimum atomic E-state index is -0.999. The van der Waals surface area contributed by atoms with Crippen LogP contribution in [0.15, 0.2) is 0 Å². The first-order valence-corrected chi connectivity index (χ1v) is 5.67. The first-order valence-electron chi connectivity index (χ1n) is 5.67. The lowest BCUT2D eigenvalue weighted by Crippen LogP contribution is -2.40. The molecule has 0 unspecified atom stereocenters. The van der Waals surface area contributed by atoms with E-state index in [9.17, 15) is 9.18 Å². The summed E-state index contributed by atoms with van der Waals surface area (Å²) in [6.07, 6.45) is -0.0907. The highest BCUT2D eigenvalue weighted by molar-refractivity contribution is 5.80. The molecule has 1 aliphatic heterocycles. The first-order chi connectivity index (χ1) is 8.10. The van der Waals surface area contributed by atoms with Crippen molar-refractivity contribution >= 4 is 5.91 Å². The molecule has 2 rings (SSSR count). The van der Waals surface area contributed by atoms with E-state index in [0.717, 1.165) is 6.42 Å². The third kappa shape index (κ3) is 2.60. The maximum absolute atomic E-state index is 13.3. The molecule has 0 aliphatic carbocycles. The Labute approximate surface area is 98.4 Å². The second-order valence-electron chi connectivity index (χ2n) is 4.23. The molecule has 1 aromatic heterocycles. The molecule has 0 bridgehead atoms. The van der Waals surface area contributed by atoms with E-state index in [4.69, 9.17) is 5.73 Å². The van der Waals surface area contributed by atoms with Crippen LogP contribution in [0.4, 0.5) is 4.39 Å². The number of likely N-dealkylation sites (tertiary alicyclic amines) is 1. The Kier molecular flexibility index (Phi) is 3.37. The summed E-state index contributed by atoms with van der Waals surface area (Å²) in [6.45, 7) is 2.55. The van der Waals surface area contributed by atoms with E-state index in [2.05, 4.69) is 15.2 Å².